The zero-order valence-corrected chi connectivity index (χ0v) is 12.0. The molecule has 2 N–H and O–H groups in total. The second-order valence-electron chi connectivity index (χ2n) is 5.44. The smallest absolute Gasteiger partial charge is 0.337 e. The first-order valence-corrected chi connectivity index (χ1v) is 7.36. The highest BCUT2D eigenvalue weighted by atomic mass is 16.5. The standard InChI is InChI=1S/C16H23NO3/c1-20-13-8-9-14(16(18)19)15(11-13)17-10-4-7-12-5-2-3-6-12/h8-9,11-12,17H,2-7,10H2,1H3,(H,18,19). The monoisotopic (exact) mass is 277 g/mol. The first-order valence-electron chi connectivity index (χ1n) is 7.36. The van der Waals surface area contributed by atoms with E-state index in [1.54, 1.807) is 25.3 Å². The van der Waals surface area contributed by atoms with Crippen molar-refractivity contribution in [2.75, 3.05) is 19.0 Å². The summed E-state index contributed by atoms with van der Waals surface area (Å²) < 4.78 is 5.14. The van der Waals surface area contributed by atoms with Gasteiger partial charge in [0.05, 0.1) is 18.4 Å². The topological polar surface area (TPSA) is 58.6 Å². The molecule has 110 valence electrons. The van der Waals surface area contributed by atoms with Gasteiger partial charge in [0.25, 0.3) is 0 Å². The number of ether oxygens (including phenoxy) is 1. The maximum Gasteiger partial charge on any atom is 0.337 e. The van der Waals surface area contributed by atoms with Crippen LogP contribution in [0.3, 0.4) is 0 Å². The summed E-state index contributed by atoms with van der Waals surface area (Å²) in [6.07, 6.45) is 7.79. The van der Waals surface area contributed by atoms with Crippen molar-refractivity contribution in [3.63, 3.8) is 0 Å². The number of anilines is 1. The van der Waals surface area contributed by atoms with Crippen LogP contribution in [0.1, 0.15) is 48.9 Å². The Labute approximate surface area is 120 Å². The van der Waals surface area contributed by atoms with Crippen LogP contribution in [0.2, 0.25) is 0 Å². The van der Waals surface area contributed by atoms with Crippen molar-refractivity contribution >= 4 is 11.7 Å². The Balaban J connectivity index is 1.88. The third-order valence-corrected chi connectivity index (χ3v) is 4.04. The Bertz CT molecular complexity index is 453. The van der Waals surface area contributed by atoms with Gasteiger partial charge in [0.1, 0.15) is 5.75 Å². The van der Waals surface area contributed by atoms with Crippen molar-refractivity contribution in [1.82, 2.24) is 0 Å². The van der Waals surface area contributed by atoms with Crippen LogP contribution >= 0.6 is 0 Å². The van der Waals surface area contributed by atoms with E-state index in [4.69, 9.17) is 4.74 Å². The lowest BCUT2D eigenvalue weighted by Gasteiger charge is -2.13. The fraction of sp³-hybridized carbons (Fsp3) is 0.562. The largest absolute Gasteiger partial charge is 0.497 e. The van der Waals surface area contributed by atoms with Gasteiger partial charge in [0, 0.05) is 12.6 Å². The van der Waals surface area contributed by atoms with Crippen LogP contribution in [0.5, 0.6) is 5.75 Å². The predicted molar refractivity (Wildman–Crippen MR) is 79.6 cm³/mol. The molecule has 4 nitrogen and oxygen atoms in total. The van der Waals surface area contributed by atoms with E-state index < -0.39 is 5.97 Å². The molecule has 0 heterocycles. The van der Waals surface area contributed by atoms with E-state index in [-0.39, 0.29) is 0 Å². The average molecular weight is 277 g/mol. The predicted octanol–water partition coefficient (Wildman–Crippen LogP) is 3.78. The van der Waals surface area contributed by atoms with Crippen LogP contribution in [-0.4, -0.2) is 24.7 Å². The zero-order valence-electron chi connectivity index (χ0n) is 12.0. The van der Waals surface area contributed by atoms with Crippen LogP contribution in [0.15, 0.2) is 18.2 Å². The van der Waals surface area contributed by atoms with Crippen LogP contribution in [0.25, 0.3) is 0 Å². The Morgan fingerprint density at radius 2 is 2.15 bits per heavy atom. The zero-order chi connectivity index (χ0) is 14.4. The molecule has 2 rings (SSSR count). The summed E-state index contributed by atoms with van der Waals surface area (Å²) in [7, 11) is 1.58. The summed E-state index contributed by atoms with van der Waals surface area (Å²) in [5.41, 5.74) is 0.940. The number of hydrogen-bond donors (Lipinski definition) is 2. The van der Waals surface area contributed by atoms with Gasteiger partial charge in [-0.1, -0.05) is 25.7 Å². The highest BCUT2D eigenvalue weighted by Crippen LogP contribution is 2.28. The molecule has 1 aromatic rings. The Kier molecular flexibility index (Phi) is 5.27. The van der Waals surface area contributed by atoms with Gasteiger partial charge in [0.2, 0.25) is 0 Å². The van der Waals surface area contributed by atoms with Crippen LogP contribution in [-0.2, 0) is 0 Å². The van der Waals surface area contributed by atoms with Gasteiger partial charge in [-0.3, -0.25) is 0 Å². The summed E-state index contributed by atoms with van der Waals surface area (Å²) in [6.45, 7) is 0.809. The molecular weight excluding hydrogens is 254 g/mol. The summed E-state index contributed by atoms with van der Waals surface area (Å²) in [4.78, 5) is 11.2. The van der Waals surface area contributed by atoms with E-state index >= 15 is 0 Å². The molecule has 0 atom stereocenters. The first-order chi connectivity index (χ1) is 9.70. The quantitative estimate of drug-likeness (QED) is 0.745. The van der Waals surface area contributed by atoms with E-state index in [0.717, 1.165) is 18.9 Å². The molecule has 0 bridgehead atoms. The molecular formula is C16H23NO3. The minimum Gasteiger partial charge on any atom is -0.497 e. The molecule has 0 unspecified atom stereocenters. The summed E-state index contributed by atoms with van der Waals surface area (Å²) in [5.74, 6) is 0.639. The van der Waals surface area contributed by atoms with Crippen molar-refractivity contribution in [3.8, 4) is 5.75 Å². The van der Waals surface area contributed by atoms with E-state index in [1.807, 2.05) is 0 Å². The summed E-state index contributed by atoms with van der Waals surface area (Å²) >= 11 is 0. The summed E-state index contributed by atoms with van der Waals surface area (Å²) in [6, 6.07) is 5.01. The highest BCUT2D eigenvalue weighted by Gasteiger charge is 2.14. The number of carbonyl (C=O) groups is 1. The van der Waals surface area contributed by atoms with Crippen LogP contribution < -0.4 is 10.1 Å². The second-order valence-corrected chi connectivity index (χ2v) is 5.44. The second kappa shape index (κ2) is 7.17. The third kappa shape index (κ3) is 3.89. The minimum absolute atomic E-state index is 0.298. The number of aromatic carboxylic acids is 1. The molecule has 0 aliphatic heterocycles. The first kappa shape index (κ1) is 14.7. The number of methoxy groups -OCH3 is 1. The maximum atomic E-state index is 11.2. The molecule has 1 aliphatic carbocycles. The lowest BCUT2D eigenvalue weighted by Crippen LogP contribution is -2.09. The molecule has 1 fully saturated rings. The molecule has 1 saturated carbocycles. The average Bonchev–Trinajstić information content (AvgIpc) is 2.96. The molecule has 4 heteroatoms. The maximum absolute atomic E-state index is 11.2. The number of nitrogens with one attached hydrogen (secondary N) is 1. The number of benzene rings is 1. The van der Waals surface area contributed by atoms with Crippen LogP contribution in [0.4, 0.5) is 5.69 Å². The van der Waals surface area contributed by atoms with Crippen molar-refractivity contribution < 1.29 is 14.6 Å². The molecule has 0 spiro atoms. The van der Waals surface area contributed by atoms with Gasteiger partial charge < -0.3 is 15.2 Å². The van der Waals surface area contributed by atoms with E-state index in [2.05, 4.69) is 5.32 Å². The minimum atomic E-state index is -0.911. The van der Waals surface area contributed by atoms with Crippen molar-refractivity contribution in [2.45, 2.75) is 38.5 Å². The normalized spacial score (nSPS) is 15.2. The molecule has 0 amide bonds. The van der Waals surface area contributed by atoms with Crippen molar-refractivity contribution in [1.29, 1.82) is 0 Å². The molecule has 0 radical (unpaired) electrons. The van der Waals surface area contributed by atoms with Crippen LogP contribution in [0, 0.1) is 5.92 Å². The van der Waals surface area contributed by atoms with Gasteiger partial charge in [-0.15, -0.1) is 0 Å². The number of rotatable bonds is 7. The molecule has 20 heavy (non-hydrogen) atoms. The van der Waals surface area contributed by atoms with Gasteiger partial charge >= 0.3 is 5.97 Å². The Morgan fingerprint density at radius 1 is 1.40 bits per heavy atom. The van der Waals surface area contributed by atoms with E-state index in [1.165, 1.54) is 32.1 Å². The van der Waals surface area contributed by atoms with E-state index in [9.17, 15) is 9.90 Å². The fourth-order valence-electron chi connectivity index (χ4n) is 2.90. The Hall–Kier alpha value is -1.71. The number of carboxylic acid groups (broad SMARTS) is 1. The molecule has 1 aromatic carbocycles. The van der Waals surface area contributed by atoms with Crippen molar-refractivity contribution in [2.24, 2.45) is 5.92 Å². The third-order valence-electron chi connectivity index (χ3n) is 4.04. The molecule has 0 aromatic heterocycles. The highest BCUT2D eigenvalue weighted by molar-refractivity contribution is 5.94. The molecule has 0 saturated heterocycles. The Morgan fingerprint density at radius 3 is 2.80 bits per heavy atom. The summed E-state index contributed by atoms with van der Waals surface area (Å²) in [5, 5.41) is 12.4. The fourth-order valence-corrected chi connectivity index (χ4v) is 2.90. The lowest BCUT2D eigenvalue weighted by molar-refractivity contribution is 0.0698. The van der Waals surface area contributed by atoms with Gasteiger partial charge in [-0.2, -0.15) is 0 Å². The number of hydrogen-bond acceptors (Lipinski definition) is 3. The van der Waals surface area contributed by atoms with Gasteiger partial charge in [-0.05, 0) is 30.9 Å². The van der Waals surface area contributed by atoms with E-state index in [0.29, 0.717) is 17.0 Å². The SMILES string of the molecule is COc1ccc(C(=O)O)c(NCCCC2CCCC2)c1. The van der Waals surface area contributed by atoms with Gasteiger partial charge in [0.15, 0.2) is 0 Å². The number of carboxylic acids is 1. The molecule has 1 aliphatic rings. The van der Waals surface area contributed by atoms with Crippen molar-refractivity contribution in [3.05, 3.63) is 23.8 Å². The van der Waals surface area contributed by atoms with Gasteiger partial charge in [-0.25, -0.2) is 4.79 Å². The lowest BCUT2D eigenvalue weighted by atomic mass is 10.0.